The summed E-state index contributed by atoms with van der Waals surface area (Å²) in [4.78, 5) is 39.4. The first-order valence-electron chi connectivity index (χ1n) is 15.1. The predicted molar refractivity (Wildman–Crippen MR) is 184 cm³/mol. The normalized spacial score (nSPS) is 11.8. The van der Waals surface area contributed by atoms with Crippen LogP contribution in [0.5, 0.6) is 0 Å². The molecule has 2 amide bonds. The van der Waals surface area contributed by atoms with Crippen LogP contribution in [0, 0.1) is 0 Å². The van der Waals surface area contributed by atoms with Crippen molar-refractivity contribution in [3.63, 3.8) is 0 Å². The lowest BCUT2D eigenvalue weighted by Gasteiger charge is -2.19. The van der Waals surface area contributed by atoms with Crippen LogP contribution in [0.15, 0.2) is 121 Å². The summed E-state index contributed by atoms with van der Waals surface area (Å²) >= 11 is 0. The van der Waals surface area contributed by atoms with Crippen LogP contribution in [-0.4, -0.2) is 28.9 Å². The molecule has 0 aliphatic carbocycles. The van der Waals surface area contributed by atoms with Crippen LogP contribution in [0.1, 0.15) is 52.6 Å². The number of amides is 2. The van der Waals surface area contributed by atoms with E-state index in [1.807, 2.05) is 78.9 Å². The third kappa shape index (κ3) is 7.68. The summed E-state index contributed by atoms with van der Waals surface area (Å²) in [5, 5.41) is 15.6. The van der Waals surface area contributed by atoms with Gasteiger partial charge in [-0.25, -0.2) is 4.79 Å². The molecule has 0 heterocycles. The number of benzene rings is 5. The van der Waals surface area contributed by atoms with Crippen LogP contribution in [0.4, 0.5) is 11.4 Å². The van der Waals surface area contributed by atoms with Gasteiger partial charge < -0.3 is 21.5 Å². The van der Waals surface area contributed by atoms with Crippen molar-refractivity contribution in [3.8, 4) is 22.3 Å². The molecule has 1 atom stereocenters. The Bertz CT molecular complexity index is 1840. The van der Waals surface area contributed by atoms with Gasteiger partial charge in [0.2, 0.25) is 0 Å². The summed E-state index contributed by atoms with van der Waals surface area (Å²) < 4.78 is 0. The van der Waals surface area contributed by atoms with Gasteiger partial charge in [0.05, 0.1) is 11.3 Å². The van der Waals surface area contributed by atoms with E-state index >= 15 is 0 Å². The second-order valence-electron chi connectivity index (χ2n) is 12.3. The SMILES string of the molecule is CC(C)(C)c1ccc(C(=O)Nc2ccc(-c3ccc(N)cc3)cc2C(=O)NC(Cc2ccc(-c3ccccc3)cc2)C(=O)O)cc1. The van der Waals surface area contributed by atoms with Crippen LogP contribution in [-0.2, 0) is 16.6 Å². The maximum atomic E-state index is 13.8. The molecule has 0 aliphatic rings. The molecule has 0 radical (unpaired) electrons. The molecule has 0 spiro atoms. The molecule has 5 N–H and O–H groups in total. The Morgan fingerprint density at radius 3 is 1.87 bits per heavy atom. The van der Waals surface area contributed by atoms with Crippen molar-refractivity contribution in [1.29, 1.82) is 0 Å². The summed E-state index contributed by atoms with van der Waals surface area (Å²) in [5.41, 5.74) is 12.7. The Labute approximate surface area is 269 Å². The first-order chi connectivity index (χ1) is 22.0. The van der Waals surface area contributed by atoms with E-state index in [0.717, 1.165) is 27.8 Å². The van der Waals surface area contributed by atoms with Gasteiger partial charge in [-0.3, -0.25) is 9.59 Å². The molecule has 5 rings (SSSR count). The molecule has 0 fully saturated rings. The number of aliphatic carboxylic acids is 1. The molecule has 1 unspecified atom stereocenters. The zero-order chi connectivity index (χ0) is 32.8. The average Bonchev–Trinajstić information content (AvgIpc) is 3.05. The van der Waals surface area contributed by atoms with Gasteiger partial charge in [0.1, 0.15) is 6.04 Å². The number of carboxylic acid groups (broad SMARTS) is 1. The zero-order valence-corrected chi connectivity index (χ0v) is 26.1. The molecule has 7 nitrogen and oxygen atoms in total. The summed E-state index contributed by atoms with van der Waals surface area (Å²) in [7, 11) is 0. The summed E-state index contributed by atoms with van der Waals surface area (Å²) in [6.07, 6.45) is 0.0790. The number of hydrogen-bond acceptors (Lipinski definition) is 4. The monoisotopic (exact) mass is 611 g/mol. The molecule has 0 saturated heterocycles. The average molecular weight is 612 g/mol. The number of carbonyl (C=O) groups is 3. The molecule has 46 heavy (non-hydrogen) atoms. The van der Waals surface area contributed by atoms with Crippen molar-refractivity contribution >= 4 is 29.2 Å². The van der Waals surface area contributed by atoms with Gasteiger partial charge >= 0.3 is 5.97 Å². The molecule has 0 saturated carbocycles. The van der Waals surface area contributed by atoms with Crippen molar-refractivity contribution in [2.45, 2.75) is 38.6 Å². The van der Waals surface area contributed by atoms with E-state index in [0.29, 0.717) is 16.8 Å². The third-order valence-corrected chi connectivity index (χ3v) is 7.87. The van der Waals surface area contributed by atoms with Crippen LogP contribution in [0.25, 0.3) is 22.3 Å². The van der Waals surface area contributed by atoms with Gasteiger partial charge in [-0.05, 0) is 75.2 Å². The third-order valence-electron chi connectivity index (χ3n) is 7.87. The molecule has 7 heteroatoms. The molecule has 232 valence electrons. The van der Waals surface area contributed by atoms with Crippen LogP contribution >= 0.6 is 0 Å². The molecule has 0 bridgehead atoms. The van der Waals surface area contributed by atoms with Crippen LogP contribution in [0.3, 0.4) is 0 Å². The maximum absolute atomic E-state index is 13.8. The number of nitrogens with one attached hydrogen (secondary N) is 2. The van der Waals surface area contributed by atoms with Crippen molar-refractivity contribution in [3.05, 3.63) is 144 Å². The number of anilines is 2. The van der Waals surface area contributed by atoms with Gasteiger partial charge in [0, 0.05) is 17.7 Å². The van der Waals surface area contributed by atoms with Gasteiger partial charge in [0.25, 0.3) is 11.8 Å². The highest BCUT2D eigenvalue weighted by Gasteiger charge is 2.24. The Balaban J connectivity index is 1.41. The zero-order valence-electron chi connectivity index (χ0n) is 26.1. The fourth-order valence-corrected chi connectivity index (χ4v) is 5.15. The molecule has 0 aromatic heterocycles. The highest BCUT2D eigenvalue weighted by molar-refractivity contribution is 6.10. The minimum absolute atomic E-state index is 0.0667. The lowest BCUT2D eigenvalue weighted by molar-refractivity contribution is -0.139. The number of carbonyl (C=O) groups excluding carboxylic acids is 2. The summed E-state index contributed by atoms with van der Waals surface area (Å²) in [6.45, 7) is 6.29. The molecular weight excluding hydrogens is 574 g/mol. The van der Waals surface area contributed by atoms with Crippen molar-refractivity contribution in [2.24, 2.45) is 0 Å². The highest BCUT2D eigenvalue weighted by atomic mass is 16.4. The van der Waals surface area contributed by atoms with Crippen molar-refractivity contribution in [1.82, 2.24) is 5.32 Å². The number of nitrogens with two attached hydrogens (primary N) is 1. The minimum atomic E-state index is -1.20. The summed E-state index contributed by atoms with van der Waals surface area (Å²) in [5.74, 6) is -2.17. The smallest absolute Gasteiger partial charge is 0.326 e. The second-order valence-corrected chi connectivity index (χ2v) is 12.3. The van der Waals surface area contributed by atoms with E-state index < -0.39 is 17.9 Å². The van der Waals surface area contributed by atoms with Crippen molar-refractivity contribution < 1.29 is 19.5 Å². The topological polar surface area (TPSA) is 122 Å². The molecule has 5 aromatic carbocycles. The van der Waals surface area contributed by atoms with Crippen molar-refractivity contribution in [2.75, 3.05) is 11.1 Å². The Hall–Kier alpha value is -5.69. The van der Waals surface area contributed by atoms with E-state index in [1.165, 1.54) is 0 Å². The second kappa shape index (κ2) is 13.5. The van der Waals surface area contributed by atoms with Crippen LogP contribution in [0.2, 0.25) is 0 Å². The molecule has 0 aliphatic heterocycles. The van der Waals surface area contributed by atoms with E-state index in [9.17, 15) is 19.5 Å². The standard InChI is InChI=1S/C39H37N3O4/c1-39(2,3)31-18-13-29(14-19-31)36(43)41-34-22-17-30(28-15-20-32(40)21-16-28)24-33(34)37(44)42-35(38(45)46)23-25-9-11-27(12-10-25)26-7-5-4-6-8-26/h4-22,24,35H,23,40H2,1-3H3,(H,41,43)(H,42,44)(H,45,46). The fourth-order valence-electron chi connectivity index (χ4n) is 5.15. The largest absolute Gasteiger partial charge is 0.480 e. The van der Waals surface area contributed by atoms with E-state index in [2.05, 4.69) is 31.4 Å². The number of nitrogen functional groups attached to an aromatic ring is 1. The minimum Gasteiger partial charge on any atom is -0.480 e. The van der Waals surface area contributed by atoms with Crippen LogP contribution < -0.4 is 16.4 Å². The quantitative estimate of drug-likeness (QED) is 0.128. The van der Waals surface area contributed by atoms with Gasteiger partial charge in [0.15, 0.2) is 0 Å². The van der Waals surface area contributed by atoms with E-state index in [-0.39, 0.29) is 29.0 Å². The highest BCUT2D eigenvalue weighted by Crippen LogP contribution is 2.28. The summed E-state index contributed by atoms with van der Waals surface area (Å²) in [6, 6.07) is 35.9. The Kier molecular flexibility index (Phi) is 9.33. The Morgan fingerprint density at radius 1 is 0.696 bits per heavy atom. The van der Waals surface area contributed by atoms with Gasteiger partial charge in [-0.1, -0.05) is 106 Å². The first kappa shape index (κ1) is 31.7. The first-order valence-corrected chi connectivity index (χ1v) is 15.1. The van der Waals surface area contributed by atoms with Gasteiger partial charge in [-0.2, -0.15) is 0 Å². The number of carboxylic acids is 1. The maximum Gasteiger partial charge on any atom is 0.326 e. The van der Waals surface area contributed by atoms with E-state index in [4.69, 9.17) is 5.73 Å². The predicted octanol–water partition coefficient (Wildman–Crippen LogP) is 7.58. The molecule has 5 aromatic rings. The lowest BCUT2D eigenvalue weighted by atomic mass is 9.86. The van der Waals surface area contributed by atoms with Gasteiger partial charge in [-0.15, -0.1) is 0 Å². The number of hydrogen-bond donors (Lipinski definition) is 4. The molecular formula is C39H37N3O4. The van der Waals surface area contributed by atoms with E-state index in [1.54, 1.807) is 42.5 Å². The fraction of sp³-hybridized carbons (Fsp3) is 0.154. The number of rotatable bonds is 9. The Morgan fingerprint density at radius 2 is 1.26 bits per heavy atom. The lowest BCUT2D eigenvalue weighted by Crippen LogP contribution is -2.42.